The van der Waals surface area contributed by atoms with Crippen LogP contribution >= 0.6 is 0 Å². The second-order valence-electron chi connectivity index (χ2n) is 6.12. The highest BCUT2D eigenvalue weighted by atomic mass is 16.3. The third-order valence-corrected chi connectivity index (χ3v) is 4.51. The maximum atomic E-state index is 12.4. The van der Waals surface area contributed by atoms with Crippen molar-refractivity contribution < 1.29 is 14.0 Å². The van der Waals surface area contributed by atoms with Crippen molar-refractivity contribution in [2.45, 2.75) is 19.3 Å². The zero-order valence-corrected chi connectivity index (χ0v) is 13.6. The molecule has 3 rings (SSSR count). The fourth-order valence-electron chi connectivity index (χ4n) is 3.07. The molecule has 1 aromatic heterocycles. The molecule has 0 aliphatic carbocycles. The van der Waals surface area contributed by atoms with Crippen LogP contribution in [0.15, 0.2) is 53.1 Å². The number of furan rings is 1. The van der Waals surface area contributed by atoms with Crippen molar-refractivity contribution in [3.05, 3.63) is 60.1 Å². The molecule has 1 N–H and O–H groups in total. The molecule has 126 valence electrons. The van der Waals surface area contributed by atoms with Crippen LogP contribution < -0.4 is 5.32 Å². The van der Waals surface area contributed by atoms with E-state index in [2.05, 4.69) is 5.32 Å². The van der Waals surface area contributed by atoms with E-state index in [-0.39, 0.29) is 11.8 Å². The Kier molecular flexibility index (Phi) is 5.31. The summed E-state index contributed by atoms with van der Waals surface area (Å²) < 4.78 is 5.06. The molecule has 0 bridgehead atoms. The van der Waals surface area contributed by atoms with Gasteiger partial charge in [0.1, 0.15) is 0 Å². The molecule has 1 aliphatic rings. The Balaban J connectivity index is 1.39. The fraction of sp³-hybridized carbons (Fsp3) is 0.368. The van der Waals surface area contributed by atoms with Crippen molar-refractivity contribution >= 4 is 11.8 Å². The van der Waals surface area contributed by atoms with E-state index in [0.29, 0.717) is 18.2 Å². The van der Waals surface area contributed by atoms with Gasteiger partial charge >= 0.3 is 0 Å². The number of hydrogen-bond donors (Lipinski definition) is 1. The van der Waals surface area contributed by atoms with Gasteiger partial charge in [-0.05, 0) is 49.4 Å². The largest absolute Gasteiger partial charge is 0.459 e. The first kappa shape index (κ1) is 16.3. The fourth-order valence-corrected chi connectivity index (χ4v) is 3.07. The molecule has 2 heterocycles. The van der Waals surface area contributed by atoms with Gasteiger partial charge in [-0.1, -0.05) is 18.2 Å². The van der Waals surface area contributed by atoms with Crippen molar-refractivity contribution in [2.24, 2.45) is 5.92 Å². The van der Waals surface area contributed by atoms with Gasteiger partial charge in [-0.15, -0.1) is 0 Å². The van der Waals surface area contributed by atoms with Crippen LogP contribution in [0.25, 0.3) is 0 Å². The zero-order chi connectivity index (χ0) is 16.8. The van der Waals surface area contributed by atoms with Crippen LogP contribution in [-0.2, 0) is 0 Å². The van der Waals surface area contributed by atoms with E-state index in [4.69, 9.17) is 4.42 Å². The summed E-state index contributed by atoms with van der Waals surface area (Å²) in [4.78, 5) is 26.1. The van der Waals surface area contributed by atoms with Gasteiger partial charge in [0.05, 0.1) is 6.26 Å². The average Bonchev–Trinajstić information content (AvgIpc) is 3.17. The van der Waals surface area contributed by atoms with Crippen molar-refractivity contribution in [1.29, 1.82) is 0 Å². The summed E-state index contributed by atoms with van der Waals surface area (Å²) in [5, 5.41) is 2.88. The van der Waals surface area contributed by atoms with Gasteiger partial charge in [0.25, 0.3) is 11.8 Å². The smallest absolute Gasteiger partial charge is 0.286 e. The maximum absolute atomic E-state index is 12.4. The Hall–Kier alpha value is -2.56. The standard InChI is InChI=1S/C19H22N2O3/c22-18(17-7-4-14-24-17)20-11-8-15-9-12-21(13-10-15)19(23)16-5-2-1-3-6-16/h1-7,14-15H,8-13H2,(H,20,22). The lowest BCUT2D eigenvalue weighted by atomic mass is 9.93. The molecule has 1 aliphatic heterocycles. The summed E-state index contributed by atoms with van der Waals surface area (Å²) in [7, 11) is 0. The normalized spacial score (nSPS) is 15.2. The molecule has 1 saturated heterocycles. The van der Waals surface area contributed by atoms with Gasteiger partial charge in [0.2, 0.25) is 0 Å². The van der Waals surface area contributed by atoms with Crippen molar-refractivity contribution in [2.75, 3.05) is 19.6 Å². The highest BCUT2D eigenvalue weighted by molar-refractivity contribution is 5.94. The van der Waals surface area contributed by atoms with Gasteiger partial charge in [-0.2, -0.15) is 0 Å². The topological polar surface area (TPSA) is 62.6 Å². The molecular formula is C19H22N2O3. The van der Waals surface area contributed by atoms with E-state index < -0.39 is 0 Å². The van der Waals surface area contributed by atoms with Crippen molar-refractivity contribution in [3.8, 4) is 0 Å². The number of piperidine rings is 1. The maximum Gasteiger partial charge on any atom is 0.286 e. The van der Waals surface area contributed by atoms with Crippen molar-refractivity contribution in [1.82, 2.24) is 10.2 Å². The quantitative estimate of drug-likeness (QED) is 0.919. The van der Waals surface area contributed by atoms with E-state index in [0.717, 1.165) is 37.9 Å². The molecule has 0 unspecified atom stereocenters. The molecule has 2 aromatic rings. The van der Waals surface area contributed by atoms with Crippen LogP contribution in [0, 0.1) is 5.92 Å². The minimum Gasteiger partial charge on any atom is -0.459 e. The van der Waals surface area contributed by atoms with Gasteiger partial charge < -0.3 is 14.6 Å². The number of nitrogens with zero attached hydrogens (tertiary/aromatic N) is 1. The number of amides is 2. The summed E-state index contributed by atoms with van der Waals surface area (Å²) in [5.41, 5.74) is 0.752. The molecular weight excluding hydrogens is 304 g/mol. The lowest BCUT2D eigenvalue weighted by molar-refractivity contribution is 0.0687. The Morgan fingerprint density at radius 1 is 1.08 bits per heavy atom. The summed E-state index contributed by atoms with van der Waals surface area (Å²) in [6, 6.07) is 12.8. The van der Waals surface area contributed by atoms with Crippen LogP contribution in [-0.4, -0.2) is 36.3 Å². The predicted molar refractivity (Wildman–Crippen MR) is 90.7 cm³/mol. The second kappa shape index (κ2) is 7.81. The Morgan fingerprint density at radius 2 is 1.83 bits per heavy atom. The predicted octanol–water partition coefficient (Wildman–Crippen LogP) is 2.95. The van der Waals surface area contributed by atoms with Crippen molar-refractivity contribution in [3.63, 3.8) is 0 Å². The summed E-state index contributed by atoms with van der Waals surface area (Å²) in [6.07, 6.45) is 4.39. The molecule has 5 heteroatoms. The number of carbonyl (C=O) groups is 2. The summed E-state index contributed by atoms with van der Waals surface area (Å²) in [6.45, 7) is 2.20. The van der Waals surface area contributed by atoms with E-state index >= 15 is 0 Å². The van der Waals surface area contributed by atoms with Gasteiger partial charge in [0, 0.05) is 25.2 Å². The van der Waals surface area contributed by atoms with Crippen LogP contribution in [0.2, 0.25) is 0 Å². The van der Waals surface area contributed by atoms with Crippen LogP contribution in [0.5, 0.6) is 0 Å². The Morgan fingerprint density at radius 3 is 2.50 bits per heavy atom. The number of nitrogens with one attached hydrogen (secondary N) is 1. The first-order chi connectivity index (χ1) is 11.7. The monoisotopic (exact) mass is 326 g/mol. The first-order valence-corrected chi connectivity index (χ1v) is 8.40. The summed E-state index contributed by atoms with van der Waals surface area (Å²) >= 11 is 0. The second-order valence-corrected chi connectivity index (χ2v) is 6.12. The lowest BCUT2D eigenvalue weighted by Crippen LogP contribution is -2.39. The zero-order valence-electron chi connectivity index (χ0n) is 13.6. The van der Waals surface area contributed by atoms with E-state index in [9.17, 15) is 9.59 Å². The Labute approximate surface area is 141 Å². The van der Waals surface area contributed by atoms with Crippen LogP contribution in [0.3, 0.4) is 0 Å². The highest BCUT2D eigenvalue weighted by Crippen LogP contribution is 2.21. The summed E-state index contributed by atoms with van der Waals surface area (Å²) in [5.74, 6) is 0.830. The minimum atomic E-state index is -0.170. The van der Waals surface area contributed by atoms with Crippen LogP contribution in [0.1, 0.15) is 40.2 Å². The number of carbonyl (C=O) groups excluding carboxylic acids is 2. The molecule has 5 nitrogen and oxygen atoms in total. The van der Waals surface area contributed by atoms with E-state index in [1.807, 2.05) is 35.2 Å². The number of benzene rings is 1. The van der Waals surface area contributed by atoms with Gasteiger partial charge in [0.15, 0.2) is 5.76 Å². The minimum absolute atomic E-state index is 0.111. The first-order valence-electron chi connectivity index (χ1n) is 8.40. The molecule has 0 atom stereocenters. The number of likely N-dealkylation sites (tertiary alicyclic amines) is 1. The van der Waals surface area contributed by atoms with Crippen LogP contribution in [0.4, 0.5) is 0 Å². The number of rotatable bonds is 5. The third-order valence-electron chi connectivity index (χ3n) is 4.51. The molecule has 2 amide bonds. The van der Waals surface area contributed by atoms with E-state index in [1.165, 1.54) is 6.26 Å². The molecule has 0 saturated carbocycles. The Bertz CT molecular complexity index is 659. The van der Waals surface area contributed by atoms with Gasteiger partial charge in [-0.3, -0.25) is 9.59 Å². The molecule has 24 heavy (non-hydrogen) atoms. The molecule has 1 fully saturated rings. The lowest BCUT2D eigenvalue weighted by Gasteiger charge is -2.32. The van der Waals surface area contributed by atoms with Gasteiger partial charge in [-0.25, -0.2) is 0 Å². The molecule has 0 spiro atoms. The highest BCUT2D eigenvalue weighted by Gasteiger charge is 2.23. The third kappa shape index (κ3) is 4.04. The average molecular weight is 326 g/mol. The molecule has 1 aromatic carbocycles. The molecule has 0 radical (unpaired) electrons. The van der Waals surface area contributed by atoms with E-state index in [1.54, 1.807) is 12.1 Å². The number of hydrogen-bond acceptors (Lipinski definition) is 3. The SMILES string of the molecule is O=C(NCCC1CCN(C(=O)c2ccccc2)CC1)c1ccco1.